The van der Waals surface area contributed by atoms with E-state index in [0.717, 1.165) is 5.56 Å². The Hall–Kier alpha value is -1.37. The summed E-state index contributed by atoms with van der Waals surface area (Å²) in [6.07, 6.45) is 3.76. The van der Waals surface area contributed by atoms with E-state index in [1.165, 1.54) is 0 Å². The van der Waals surface area contributed by atoms with Crippen molar-refractivity contribution in [3.63, 3.8) is 0 Å². The predicted molar refractivity (Wildman–Crippen MR) is 61.9 cm³/mol. The quantitative estimate of drug-likeness (QED) is 0.798. The lowest BCUT2D eigenvalue weighted by Crippen LogP contribution is -2.33. The summed E-state index contributed by atoms with van der Waals surface area (Å²) in [6.45, 7) is 1.84. The van der Waals surface area contributed by atoms with Gasteiger partial charge in [-0.15, -0.1) is 0 Å². The lowest BCUT2D eigenvalue weighted by molar-refractivity contribution is -0.124. The van der Waals surface area contributed by atoms with E-state index < -0.39 is 15.8 Å². The molecule has 1 aliphatic rings. The molecule has 7 heteroatoms. The number of carbonyl (C=O) groups excluding carboxylic acids is 1. The second kappa shape index (κ2) is 4.48. The van der Waals surface area contributed by atoms with Crippen molar-refractivity contribution >= 4 is 15.7 Å². The number of hydrogen-bond donors (Lipinski definition) is 2. The van der Waals surface area contributed by atoms with E-state index >= 15 is 0 Å². The average Bonchev–Trinajstić information content (AvgIpc) is 2.86. The number of nitrogens with zero attached hydrogens (tertiary/aromatic N) is 1. The molecule has 1 aromatic rings. The molecule has 6 nitrogen and oxygen atoms in total. The average molecular weight is 257 g/mol. The van der Waals surface area contributed by atoms with Crippen LogP contribution in [0.5, 0.6) is 0 Å². The van der Waals surface area contributed by atoms with E-state index in [0.29, 0.717) is 6.42 Å². The summed E-state index contributed by atoms with van der Waals surface area (Å²) in [5.41, 5.74) is 0.874. The topological polar surface area (TPSA) is 91.9 Å². The van der Waals surface area contributed by atoms with Crippen LogP contribution >= 0.6 is 0 Å². The first-order valence-corrected chi connectivity index (χ1v) is 7.29. The van der Waals surface area contributed by atoms with E-state index in [2.05, 4.69) is 15.5 Å². The van der Waals surface area contributed by atoms with Crippen LogP contribution in [0.4, 0.5) is 0 Å². The van der Waals surface area contributed by atoms with Gasteiger partial charge in [-0.05, 0) is 13.3 Å². The Labute approximate surface area is 99.7 Å². The highest BCUT2D eigenvalue weighted by atomic mass is 32.2. The Morgan fingerprint density at radius 1 is 1.65 bits per heavy atom. The smallest absolute Gasteiger partial charge is 0.224 e. The van der Waals surface area contributed by atoms with Gasteiger partial charge < -0.3 is 5.32 Å². The molecule has 94 valence electrons. The fraction of sp³-hybridized carbons (Fsp3) is 0.600. The molecule has 2 atom stereocenters. The summed E-state index contributed by atoms with van der Waals surface area (Å²) >= 11 is 0. The zero-order valence-electron chi connectivity index (χ0n) is 9.51. The van der Waals surface area contributed by atoms with Crippen molar-refractivity contribution in [3.8, 4) is 0 Å². The van der Waals surface area contributed by atoms with Gasteiger partial charge in [-0.1, -0.05) is 0 Å². The summed E-state index contributed by atoms with van der Waals surface area (Å²) in [5.74, 6) is -0.517. The van der Waals surface area contributed by atoms with Crippen LogP contribution in [0.15, 0.2) is 12.4 Å². The summed E-state index contributed by atoms with van der Waals surface area (Å²) in [4.78, 5) is 11.8. The van der Waals surface area contributed by atoms with Gasteiger partial charge in [-0.3, -0.25) is 9.89 Å². The van der Waals surface area contributed by atoms with Crippen molar-refractivity contribution in [3.05, 3.63) is 18.0 Å². The highest BCUT2D eigenvalue weighted by molar-refractivity contribution is 7.91. The fourth-order valence-electron chi connectivity index (χ4n) is 1.91. The number of H-pyrrole nitrogens is 1. The van der Waals surface area contributed by atoms with Gasteiger partial charge in [0.1, 0.15) is 0 Å². The third-order valence-corrected chi connectivity index (χ3v) is 4.75. The second-order valence-corrected chi connectivity index (χ2v) is 6.59. The van der Waals surface area contributed by atoms with Gasteiger partial charge in [-0.25, -0.2) is 8.42 Å². The molecule has 2 rings (SSSR count). The van der Waals surface area contributed by atoms with Crippen LogP contribution in [-0.2, 0) is 14.6 Å². The van der Waals surface area contributed by atoms with Crippen LogP contribution in [0.2, 0.25) is 0 Å². The molecule has 1 aromatic heterocycles. The molecule has 0 aliphatic carbocycles. The first-order chi connectivity index (χ1) is 7.98. The van der Waals surface area contributed by atoms with Crippen LogP contribution in [0.1, 0.15) is 24.9 Å². The van der Waals surface area contributed by atoms with E-state index in [4.69, 9.17) is 0 Å². The van der Waals surface area contributed by atoms with Crippen molar-refractivity contribution in [2.24, 2.45) is 5.92 Å². The molecule has 17 heavy (non-hydrogen) atoms. The number of amides is 1. The van der Waals surface area contributed by atoms with Crippen LogP contribution in [0.3, 0.4) is 0 Å². The van der Waals surface area contributed by atoms with Gasteiger partial charge >= 0.3 is 0 Å². The maximum atomic E-state index is 11.8. The zero-order chi connectivity index (χ0) is 12.5. The van der Waals surface area contributed by atoms with Crippen molar-refractivity contribution in [1.82, 2.24) is 15.5 Å². The fourth-order valence-corrected chi connectivity index (χ4v) is 3.66. The van der Waals surface area contributed by atoms with Gasteiger partial charge in [-0.2, -0.15) is 5.10 Å². The van der Waals surface area contributed by atoms with Gasteiger partial charge in [0.25, 0.3) is 0 Å². The third kappa shape index (κ3) is 2.85. The number of hydrogen-bond acceptors (Lipinski definition) is 4. The molecule has 1 saturated heterocycles. The Morgan fingerprint density at radius 2 is 2.41 bits per heavy atom. The SMILES string of the molecule is CC(NC(=O)C1CCS(=O)(=O)C1)c1cn[nH]c1. The Balaban J connectivity index is 1.94. The van der Waals surface area contributed by atoms with Crippen LogP contribution < -0.4 is 5.32 Å². The van der Waals surface area contributed by atoms with Crippen molar-refractivity contribution < 1.29 is 13.2 Å². The number of sulfone groups is 1. The number of aromatic nitrogens is 2. The van der Waals surface area contributed by atoms with Gasteiger partial charge in [0.05, 0.1) is 29.7 Å². The van der Waals surface area contributed by atoms with Crippen LogP contribution in [0, 0.1) is 5.92 Å². The highest BCUT2D eigenvalue weighted by Crippen LogP contribution is 2.20. The molecule has 0 bridgehead atoms. The zero-order valence-corrected chi connectivity index (χ0v) is 10.3. The summed E-state index contributed by atoms with van der Waals surface area (Å²) in [5, 5.41) is 9.27. The largest absolute Gasteiger partial charge is 0.349 e. The van der Waals surface area contributed by atoms with Gasteiger partial charge in [0.2, 0.25) is 5.91 Å². The monoisotopic (exact) mass is 257 g/mol. The number of aromatic amines is 1. The Bertz CT molecular complexity index is 495. The van der Waals surface area contributed by atoms with E-state index in [-0.39, 0.29) is 23.5 Å². The summed E-state index contributed by atoms with van der Waals surface area (Å²) in [6, 6.07) is -0.162. The van der Waals surface area contributed by atoms with Crippen LogP contribution in [0.25, 0.3) is 0 Å². The van der Waals surface area contributed by atoms with Gasteiger partial charge in [0.15, 0.2) is 9.84 Å². The molecule has 0 aromatic carbocycles. The molecule has 0 saturated carbocycles. The first-order valence-electron chi connectivity index (χ1n) is 5.47. The minimum absolute atomic E-state index is 0.0308. The Kier molecular flexibility index (Phi) is 3.19. The molecular weight excluding hydrogens is 242 g/mol. The van der Waals surface area contributed by atoms with Crippen molar-refractivity contribution in [1.29, 1.82) is 0 Å². The lowest BCUT2D eigenvalue weighted by atomic mass is 10.1. The molecular formula is C10H15N3O3S. The molecule has 2 heterocycles. The van der Waals surface area contributed by atoms with Crippen molar-refractivity contribution in [2.75, 3.05) is 11.5 Å². The number of rotatable bonds is 3. The number of carbonyl (C=O) groups is 1. The molecule has 1 fully saturated rings. The summed E-state index contributed by atoms with van der Waals surface area (Å²) < 4.78 is 22.5. The summed E-state index contributed by atoms with van der Waals surface area (Å²) in [7, 11) is -3.01. The Morgan fingerprint density at radius 3 is 2.94 bits per heavy atom. The highest BCUT2D eigenvalue weighted by Gasteiger charge is 2.33. The van der Waals surface area contributed by atoms with E-state index in [9.17, 15) is 13.2 Å². The third-order valence-electron chi connectivity index (χ3n) is 2.98. The normalized spacial score (nSPS) is 24.4. The maximum Gasteiger partial charge on any atom is 0.224 e. The number of nitrogens with one attached hydrogen (secondary N) is 2. The minimum Gasteiger partial charge on any atom is -0.349 e. The minimum atomic E-state index is -3.01. The standard InChI is InChI=1S/C10H15N3O3S/c1-7(9-4-11-12-5-9)13-10(14)8-2-3-17(15,16)6-8/h4-5,7-8H,2-3,6H2,1H3,(H,11,12)(H,13,14). The predicted octanol–water partition coefficient (Wildman–Crippen LogP) is 0.0216. The van der Waals surface area contributed by atoms with Crippen LogP contribution in [-0.4, -0.2) is 36.0 Å². The lowest BCUT2D eigenvalue weighted by Gasteiger charge is -2.14. The van der Waals surface area contributed by atoms with Crippen molar-refractivity contribution in [2.45, 2.75) is 19.4 Å². The second-order valence-electron chi connectivity index (χ2n) is 4.36. The molecule has 0 radical (unpaired) electrons. The molecule has 1 amide bonds. The maximum absolute atomic E-state index is 11.8. The molecule has 1 aliphatic heterocycles. The van der Waals surface area contributed by atoms with E-state index in [1.54, 1.807) is 12.4 Å². The molecule has 0 spiro atoms. The molecule has 2 unspecified atom stereocenters. The van der Waals surface area contributed by atoms with E-state index in [1.807, 2.05) is 6.92 Å². The van der Waals surface area contributed by atoms with Gasteiger partial charge in [0, 0.05) is 11.8 Å². The molecule has 2 N–H and O–H groups in total. The first kappa shape index (κ1) is 12.1.